The van der Waals surface area contributed by atoms with Gasteiger partial charge in [0.2, 0.25) is 0 Å². The number of halogens is 5. The van der Waals surface area contributed by atoms with E-state index in [1.54, 1.807) is 0 Å². The summed E-state index contributed by atoms with van der Waals surface area (Å²) in [6.45, 7) is 3.49. The molecule has 0 spiro atoms. The monoisotopic (exact) mass is 402 g/mol. The van der Waals surface area contributed by atoms with Crippen molar-refractivity contribution in [2.24, 2.45) is 5.92 Å². The zero-order valence-electron chi connectivity index (χ0n) is 11.4. The van der Waals surface area contributed by atoms with E-state index in [4.69, 9.17) is 0 Å². The summed E-state index contributed by atoms with van der Waals surface area (Å²) < 4.78 is 28.8. The van der Waals surface area contributed by atoms with E-state index in [1.165, 1.54) is 12.1 Å². The summed E-state index contributed by atoms with van der Waals surface area (Å²) in [5.41, 5.74) is 0.249. The summed E-state index contributed by atoms with van der Waals surface area (Å²) in [6, 6.07) is 2.69. The second-order valence-electron chi connectivity index (χ2n) is 5.33. The van der Waals surface area contributed by atoms with Crippen LogP contribution in [-0.2, 0) is 0 Å². The lowest BCUT2D eigenvalue weighted by Gasteiger charge is -2.35. The molecular weight excluding hydrogens is 385 g/mol. The fourth-order valence-corrected chi connectivity index (χ4v) is 3.25. The first-order valence-electron chi connectivity index (χ1n) is 6.76. The quantitative estimate of drug-likeness (QED) is 0.769. The maximum atomic E-state index is 14.3. The molecule has 1 N–H and O–H groups in total. The van der Waals surface area contributed by atoms with E-state index < -0.39 is 11.6 Å². The highest BCUT2D eigenvalue weighted by molar-refractivity contribution is 9.10. The van der Waals surface area contributed by atoms with Crippen LogP contribution in [-0.4, -0.2) is 31.1 Å². The molecule has 2 nitrogen and oxygen atoms in total. The molecule has 0 aromatic heterocycles. The molecule has 1 aromatic rings. The second kappa shape index (κ2) is 8.06. The van der Waals surface area contributed by atoms with Crippen LogP contribution >= 0.6 is 40.7 Å². The highest BCUT2D eigenvalue weighted by atomic mass is 79.9. The van der Waals surface area contributed by atoms with Crippen LogP contribution in [0.5, 0.6) is 0 Å². The number of nitrogens with zero attached hydrogens (tertiary/aromatic N) is 1. The Morgan fingerprint density at radius 2 is 1.76 bits per heavy atom. The van der Waals surface area contributed by atoms with E-state index in [9.17, 15) is 8.78 Å². The lowest BCUT2D eigenvalue weighted by atomic mass is 9.98. The van der Waals surface area contributed by atoms with Gasteiger partial charge in [-0.05, 0) is 46.8 Å². The average Bonchev–Trinajstić information content (AvgIpc) is 3.24. The Kier molecular flexibility index (Phi) is 7.34. The molecule has 21 heavy (non-hydrogen) atoms. The summed E-state index contributed by atoms with van der Waals surface area (Å²) in [5.74, 6) is -0.456. The summed E-state index contributed by atoms with van der Waals surface area (Å²) in [5, 5.41) is 3.28. The molecule has 1 saturated heterocycles. The van der Waals surface area contributed by atoms with Gasteiger partial charge in [0.25, 0.3) is 0 Å². The fraction of sp³-hybridized carbons (Fsp3) is 0.571. The van der Waals surface area contributed by atoms with Crippen LogP contribution in [0.4, 0.5) is 8.78 Å². The summed E-state index contributed by atoms with van der Waals surface area (Å²) in [6.07, 6.45) is 2.14. The Bertz CT molecular complexity index is 480. The molecule has 1 aliphatic carbocycles. The van der Waals surface area contributed by atoms with E-state index in [0.717, 1.165) is 39.0 Å². The van der Waals surface area contributed by atoms with Crippen molar-refractivity contribution in [3.8, 4) is 0 Å². The van der Waals surface area contributed by atoms with Gasteiger partial charge in [0.1, 0.15) is 11.6 Å². The molecule has 1 saturated carbocycles. The van der Waals surface area contributed by atoms with Crippen molar-refractivity contribution < 1.29 is 8.78 Å². The third-order valence-electron chi connectivity index (χ3n) is 3.99. The maximum absolute atomic E-state index is 14.3. The highest BCUT2D eigenvalue weighted by Gasteiger charge is 2.39. The van der Waals surface area contributed by atoms with E-state index in [0.29, 0.717) is 10.4 Å². The predicted molar refractivity (Wildman–Crippen MR) is 88.5 cm³/mol. The summed E-state index contributed by atoms with van der Waals surface area (Å²) in [7, 11) is 0. The molecule has 0 amide bonds. The van der Waals surface area contributed by atoms with Crippen molar-refractivity contribution >= 4 is 40.7 Å². The first kappa shape index (κ1) is 19.1. The predicted octanol–water partition coefficient (Wildman–Crippen LogP) is 3.93. The van der Waals surface area contributed by atoms with Gasteiger partial charge in [-0.2, -0.15) is 0 Å². The number of benzene rings is 1. The van der Waals surface area contributed by atoms with Crippen molar-refractivity contribution in [1.82, 2.24) is 10.2 Å². The van der Waals surface area contributed by atoms with Crippen LogP contribution in [0.2, 0.25) is 0 Å². The number of piperazine rings is 1. The van der Waals surface area contributed by atoms with Crippen LogP contribution in [0.25, 0.3) is 0 Å². The zero-order chi connectivity index (χ0) is 13.4. The van der Waals surface area contributed by atoms with Gasteiger partial charge >= 0.3 is 0 Å². The van der Waals surface area contributed by atoms with Gasteiger partial charge in [0, 0.05) is 37.8 Å². The van der Waals surface area contributed by atoms with Gasteiger partial charge in [-0.1, -0.05) is 0 Å². The average molecular weight is 404 g/mol. The van der Waals surface area contributed by atoms with Crippen molar-refractivity contribution in [3.63, 3.8) is 0 Å². The smallest absolute Gasteiger partial charge is 0.145 e. The Hall–Kier alpha value is 0.0600. The number of nitrogens with one attached hydrogen (secondary N) is 1. The summed E-state index contributed by atoms with van der Waals surface area (Å²) in [4.78, 5) is 2.22. The van der Waals surface area contributed by atoms with E-state index in [-0.39, 0.29) is 36.4 Å². The van der Waals surface area contributed by atoms with E-state index in [1.807, 2.05) is 0 Å². The van der Waals surface area contributed by atoms with Crippen LogP contribution in [0.15, 0.2) is 16.6 Å². The van der Waals surface area contributed by atoms with Gasteiger partial charge in [-0.3, -0.25) is 4.90 Å². The van der Waals surface area contributed by atoms with Crippen LogP contribution in [0, 0.1) is 17.6 Å². The molecule has 1 aliphatic heterocycles. The van der Waals surface area contributed by atoms with Crippen molar-refractivity contribution in [2.45, 2.75) is 18.9 Å². The van der Waals surface area contributed by atoms with Gasteiger partial charge in [0.15, 0.2) is 0 Å². The number of hydrogen-bond acceptors (Lipinski definition) is 2. The molecule has 1 heterocycles. The van der Waals surface area contributed by atoms with Crippen LogP contribution < -0.4 is 5.32 Å². The van der Waals surface area contributed by atoms with Gasteiger partial charge in [-0.15, -0.1) is 24.8 Å². The molecule has 3 rings (SSSR count). The lowest BCUT2D eigenvalue weighted by Crippen LogP contribution is -2.46. The minimum atomic E-state index is -0.435. The highest BCUT2D eigenvalue weighted by Crippen LogP contribution is 2.46. The van der Waals surface area contributed by atoms with Crippen molar-refractivity contribution in [3.05, 3.63) is 33.8 Å². The maximum Gasteiger partial charge on any atom is 0.145 e. The largest absolute Gasteiger partial charge is 0.314 e. The van der Waals surface area contributed by atoms with Gasteiger partial charge in [-0.25, -0.2) is 8.78 Å². The molecule has 2 aliphatic rings. The van der Waals surface area contributed by atoms with Crippen molar-refractivity contribution in [2.75, 3.05) is 26.2 Å². The third-order valence-corrected chi connectivity index (χ3v) is 4.60. The standard InChI is InChI=1S/C14H17BrF2N2.2ClH/c15-10-3-4-11(16)12(13(10)17)14(9-1-2-9)19-7-5-18-6-8-19;;/h3-4,9,14,18H,1-2,5-8H2;2*1H/t14-;;/m0../s1. The van der Waals surface area contributed by atoms with Crippen molar-refractivity contribution in [1.29, 1.82) is 0 Å². The molecule has 0 radical (unpaired) electrons. The Labute approximate surface area is 144 Å². The van der Waals surface area contributed by atoms with Gasteiger partial charge in [0.05, 0.1) is 4.47 Å². The fourth-order valence-electron chi connectivity index (χ4n) is 2.90. The molecule has 2 fully saturated rings. The Morgan fingerprint density at radius 3 is 2.33 bits per heavy atom. The topological polar surface area (TPSA) is 15.3 Å². The first-order valence-corrected chi connectivity index (χ1v) is 7.56. The third kappa shape index (κ3) is 4.08. The molecule has 1 aromatic carbocycles. The Balaban J connectivity index is 0.00000110. The Morgan fingerprint density at radius 1 is 1.14 bits per heavy atom. The normalized spacial score (nSPS) is 20.3. The van der Waals surface area contributed by atoms with E-state index in [2.05, 4.69) is 26.1 Å². The molecule has 7 heteroatoms. The molecule has 120 valence electrons. The first-order chi connectivity index (χ1) is 9.18. The van der Waals surface area contributed by atoms with E-state index >= 15 is 0 Å². The van der Waals surface area contributed by atoms with Crippen LogP contribution in [0.3, 0.4) is 0 Å². The molecule has 0 unspecified atom stereocenters. The lowest BCUT2D eigenvalue weighted by molar-refractivity contribution is 0.149. The SMILES string of the molecule is Cl.Cl.Fc1ccc(Br)c(F)c1[C@H](C1CC1)N1CCNCC1. The molecule has 1 atom stereocenters. The molecule has 0 bridgehead atoms. The number of rotatable bonds is 3. The van der Waals surface area contributed by atoms with Crippen LogP contribution in [0.1, 0.15) is 24.4 Å². The minimum Gasteiger partial charge on any atom is -0.314 e. The van der Waals surface area contributed by atoms with Gasteiger partial charge < -0.3 is 5.32 Å². The number of hydrogen-bond donors (Lipinski definition) is 1. The molecular formula is C14H19BrCl2F2N2. The zero-order valence-corrected chi connectivity index (χ0v) is 14.7. The second-order valence-corrected chi connectivity index (χ2v) is 6.18. The minimum absolute atomic E-state index is 0. The summed E-state index contributed by atoms with van der Waals surface area (Å²) >= 11 is 3.17.